The lowest BCUT2D eigenvalue weighted by molar-refractivity contribution is 0.601. The summed E-state index contributed by atoms with van der Waals surface area (Å²) in [6.07, 6.45) is 0. The Labute approximate surface area is 107 Å². The topological polar surface area (TPSA) is 72.2 Å². The molecule has 0 aliphatic heterocycles. The molecule has 94 valence electrons. The van der Waals surface area contributed by atoms with E-state index in [0.29, 0.717) is 11.4 Å². The minimum absolute atomic E-state index is 0.232. The molecule has 2 aromatic rings. The summed E-state index contributed by atoms with van der Waals surface area (Å²) in [4.78, 5) is 0.232. The van der Waals surface area contributed by atoms with Gasteiger partial charge in [-0.2, -0.15) is 0 Å². The summed E-state index contributed by atoms with van der Waals surface area (Å²) in [5, 5.41) is 0. The average Bonchev–Trinajstić information content (AvgIpc) is 2.29. The van der Waals surface area contributed by atoms with Crippen LogP contribution in [0.2, 0.25) is 0 Å². The van der Waals surface area contributed by atoms with Gasteiger partial charge in [-0.15, -0.1) is 0 Å². The van der Waals surface area contributed by atoms with E-state index in [1.165, 1.54) is 0 Å². The minimum atomic E-state index is -3.55. The third-order valence-corrected chi connectivity index (χ3v) is 3.87. The van der Waals surface area contributed by atoms with Gasteiger partial charge in [-0.1, -0.05) is 23.8 Å². The Kier molecular flexibility index (Phi) is 3.25. The summed E-state index contributed by atoms with van der Waals surface area (Å²) in [5.74, 6) is 0. The first-order valence-corrected chi connectivity index (χ1v) is 6.91. The van der Waals surface area contributed by atoms with E-state index in [9.17, 15) is 8.42 Å². The molecule has 18 heavy (non-hydrogen) atoms. The molecule has 0 radical (unpaired) electrons. The van der Waals surface area contributed by atoms with Gasteiger partial charge in [0.05, 0.1) is 10.6 Å². The van der Waals surface area contributed by atoms with E-state index in [2.05, 4.69) is 4.72 Å². The van der Waals surface area contributed by atoms with Crippen molar-refractivity contribution in [1.29, 1.82) is 0 Å². The van der Waals surface area contributed by atoms with Gasteiger partial charge in [-0.25, -0.2) is 8.42 Å². The van der Waals surface area contributed by atoms with Gasteiger partial charge in [0.2, 0.25) is 0 Å². The summed E-state index contributed by atoms with van der Waals surface area (Å²) >= 11 is 0. The van der Waals surface area contributed by atoms with E-state index in [1.54, 1.807) is 48.5 Å². The summed E-state index contributed by atoms with van der Waals surface area (Å²) in [7, 11) is -3.55. The lowest BCUT2D eigenvalue weighted by Gasteiger charge is -2.08. The maximum atomic E-state index is 12.1. The van der Waals surface area contributed by atoms with Crippen LogP contribution in [0.4, 0.5) is 11.4 Å². The molecule has 0 saturated carbocycles. The van der Waals surface area contributed by atoms with Gasteiger partial charge >= 0.3 is 0 Å². The first-order valence-electron chi connectivity index (χ1n) is 5.42. The zero-order chi connectivity index (χ0) is 13.2. The largest absolute Gasteiger partial charge is 0.399 e. The Morgan fingerprint density at radius 3 is 2.33 bits per heavy atom. The third-order valence-electron chi connectivity index (χ3n) is 2.47. The molecule has 0 bridgehead atoms. The molecule has 0 aliphatic rings. The highest BCUT2D eigenvalue weighted by atomic mass is 32.2. The van der Waals surface area contributed by atoms with E-state index in [4.69, 9.17) is 5.73 Å². The molecule has 4 nitrogen and oxygen atoms in total. The van der Waals surface area contributed by atoms with Gasteiger partial charge < -0.3 is 5.73 Å². The van der Waals surface area contributed by atoms with Crippen LogP contribution in [-0.4, -0.2) is 8.42 Å². The molecule has 0 aromatic heterocycles. The van der Waals surface area contributed by atoms with Gasteiger partial charge in [0.15, 0.2) is 0 Å². The van der Waals surface area contributed by atoms with Crippen LogP contribution >= 0.6 is 0 Å². The zero-order valence-electron chi connectivity index (χ0n) is 9.92. The van der Waals surface area contributed by atoms with Gasteiger partial charge in [0, 0.05) is 5.69 Å². The fourth-order valence-electron chi connectivity index (χ4n) is 1.53. The molecule has 3 N–H and O–H groups in total. The van der Waals surface area contributed by atoms with Crippen molar-refractivity contribution in [3.8, 4) is 0 Å². The van der Waals surface area contributed by atoms with Crippen LogP contribution in [-0.2, 0) is 10.0 Å². The Morgan fingerprint density at radius 2 is 1.72 bits per heavy atom. The van der Waals surface area contributed by atoms with E-state index in [-0.39, 0.29) is 4.90 Å². The maximum Gasteiger partial charge on any atom is 0.261 e. The van der Waals surface area contributed by atoms with Crippen LogP contribution in [0.5, 0.6) is 0 Å². The molecule has 0 fully saturated rings. The van der Waals surface area contributed by atoms with E-state index < -0.39 is 10.0 Å². The van der Waals surface area contributed by atoms with Crippen molar-refractivity contribution in [2.24, 2.45) is 0 Å². The molecule has 0 heterocycles. The molecular weight excluding hydrogens is 248 g/mol. The highest BCUT2D eigenvalue weighted by molar-refractivity contribution is 7.92. The Balaban J connectivity index is 2.30. The Bertz CT molecular complexity index is 649. The van der Waals surface area contributed by atoms with Gasteiger partial charge in [0.25, 0.3) is 10.0 Å². The second-order valence-corrected chi connectivity index (χ2v) is 5.73. The third kappa shape index (κ3) is 2.81. The standard InChI is InChI=1S/C13H14N2O2S/c1-10-5-7-13(8-6-10)18(16,17)15-12-4-2-3-11(14)9-12/h2-9,15H,14H2,1H3. The fraction of sp³-hybridized carbons (Fsp3) is 0.0769. The molecular formula is C13H14N2O2S. The van der Waals surface area contributed by atoms with Gasteiger partial charge in [-0.05, 0) is 37.3 Å². The van der Waals surface area contributed by atoms with Crippen molar-refractivity contribution in [3.63, 3.8) is 0 Å². The first-order chi connectivity index (χ1) is 8.47. The second kappa shape index (κ2) is 4.70. The molecule has 0 spiro atoms. The summed E-state index contributed by atoms with van der Waals surface area (Å²) in [6.45, 7) is 1.90. The summed E-state index contributed by atoms with van der Waals surface area (Å²) in [5.41, 5.74) is 7.58. The number of nitrogen functional groups attached to an aromatic ring is 1. The molecule has 0 unspecified atom stereocenters. The number of benzene rings is 2. The average molecular weight is 262 g/mol. The molecule has 0 atom stereocenters. The first kappa shape index (κ1) is 12.4. The number of nitrogens with one attached hydrogen (secondary N) is 1. The molecule has 2 rings (SSSR count). The maximum absolute atomic E-state index is 12.1. The zero-order valence-corrected chi connectivity index (χ0v) is 10.7. The van der Waals surface area contributed by atoms with Gasteiger partial charge in [0.1, 0.15) is 0 Å². The van der Waals surface area contributed by atoms with Crippen LogP contribution in [0.25, 0.3) is 0 Å². The van der Waals surface area contributed by atoms with Crippen LogP contribution < -0.4 is 10.5 Å². The number of hydrogen-bond donors (Lipinski definition) is 2. The van der Waals surface area contributed by atoms with Crippen LogP contribution in [0.1, 0.15) is 5.56 Å². The van der Waals surface area contributed by atoms with Crippen molar-refractivity contribution in [3.05, 3.63) is 54.1 Å². The summed E-state index contributed by atoms with van der Waals surface area (Å²) in [6, 6.07) is 13.3. The fourth-order valence-corrected chi connectivity index (χ4v) is 2.58. The Hall–Kier alpha value is -2.01. The molecule has 0 saturated heterocycles. The predicted octanol–water partition coefficient (Wildman–Crippen LogP) is 2.38. The van der Waals surface area contributed by atoms with Crippen molar-refractivity contribution in [1.82, 2.24) is 0 Å². The highest BCUT2D eigenvalue weighted by Crippen LogP contribution is 2.18. The van der Waals surface area contributed by atoms with Crippen molar-refractivity contribution in [2.45, 2.75) is 11.8 Å². The van der Waals surface area contributed by atoms with Crippen LogP contribution in [0.3, 0.4) is 0 Å². The number of hydrogen-bond acceptors (Lipinski definition) is 3. The van der Waals surface area contributed by atoms with E-state index in [0.717, 1.165) is 5.56 Å². The number of anilines is 2. The molecule has 5 heteroatoms. The normalized spacial score (nSPS) is 11.2. The lowest BCUT2D eigenvalue weighted by atomic mass is 10.2. The van der Waals surface area contributed by atoms with E-state index in [1.807, 2.05) is 6.92 Å². The van der Waals surface area contributed by atoms with Crippen LogP contribution in [0.15, 0.2) is 53.4 Å². The number of sulfonamides is 1. The van der Waals surface area contributed by atoms with Crippen molar-refractivity contribution in [2.75, 3.05) is 10.5 Å². The number of nitrogens with two attached hydrogens (primary N) is 1. The number of rotatable bonds is 3. The minimum Gasteiger partial charge on any atom is -0.399 e. The number of aryl methyl sites for hydroxylation is 1. The van der Waals surface area contributed by atoms with Crippen molar-refractivity contribution < 1.29 is 8.42 Å². The molecule has 0 amide bonds. The second-order valence-electron chi connectivity index (χ2n) is 4.04. The quantitative estimate of drug-likeness (QED) is 0.834. The smallest absolute Gasteiger partial charge is 0.261 e. The van der Waals surface area contributed by atoms with Crippen LogP contribution in [0, 0.1) is 6.92 Å². The Morgan fingerprint density at radius 1 is 1.06 bits per heavy atom. The SMILES string of the molecule is Cc1ccc(S(=O)(=O)Nc2cccc(N)c2)cc1. The van der Waals surface area contributed by atoms with Crippen molar-refractivity contribution >= 4 is 21.4 Å². The van der Waals surface area contributed by atoms with E-state index >= 15 is 0 Å². The summed E-state index contributed by atoms with van der Waals surface area (Å²) < 4.78 is 26.6. The van der Waals surface area contributed by atoms with Gasteiger partial charge in [-0.3, -0.25) is 4.72 Å². The molecule has 0 aliphatic carbocycles. The monoisotopic (exact) mass is 262 g/mol. The molecule has 2 aromatic carbocycles. The highest BCUT2D eigenvalue weighted by Gasteiger charge is 2.13. The lowest BCUT2D eigenvalue weighted by Crippen LogP contribution is -2.12. The predicted molar refractivity (Wildman–Crippen MR) is 72.8 cm³/mol.